The van der Waals surface area contributed by atoms with Crippen LogP contribution in [0.15, 0.2) is 36.5 Å². The van der Waals surface area contributed by atoms with Gasteiger partial charge < -0.3 is 10.1 Å². The summed E-state index contributed by atoms with van der Waals surface area (Å²) in [6, 6.07) is 8.65. The molecule has 0 aliphatic carbocycles. The third kappa shape index (κ3) is 3.83. The molecule has 22 heavy (non-hydrogen) atoms. The summed E-state index contributed by atoms with van der Waals surface area (Å²) < 4.78 is 4.94. The largest absolute Gasteiger partial charge is 0.452 e. The van der Waals surface area contributed by atoms with Crippen molar-refractivity contribution in [2.45, 2.75) is 13.8 Å². The number of nitrogens with zero attached hydrogens (tertiary/aromatic N) is 1. The number of carbonyl (C=O) groups excluding carboxylic acids is 2. The van der Waals surface area contributed by atoms with Crippen LogP contribution in [0.3, 0.4) is 0 Å². The lowest BCUT2D eigenvalue weighted by Gasteiger charge is -2.10. The number of halogens is 1. The zero-order chi connectivity index (χ0) is 16.1. The van der Waals surface area contributed by atoms with Crippen molar-refractivity contribution in [3.8, 4) is 0 Å². The van der Waals surface area contributed by atoms with Gasteiger partial charge in [0.25, 0.3) is 5.91 Å². The molecule has 1 N–H and O–H groups in total. The Balaban J connectivity index is 1.95. The number of esters is 1. The minimum atomic E-state index is -0.686. The van der Waals surface area contributed by atoms with Gasteiger partial charge in [-0.1, -0.05) is 23.7 Å². The molecular formula is C16H15ClN2O3. The quantitative estimate of drug-likeness (QED) is 0.694. The molecule has 6 heteroatoms. The van der Waals surface area contributed by atoms with Crippen molar-refractivity contribution in [2.24, 2.45) is 0 Å². The van der Waals surface area contributed by atoms with E-state index in [2.05, 4.69) is 10.3 Å². The molecule has 0 saturated carbocycles. The number of carbonyl (C=O) groups is 2. The molecule has 0 fully saturated rings. The minimum Gasteiger partial charge on any atom is -0.452 e. The minimum absolute atomic E-state index is 0.0439. The van der Waals surface area contributed by atoms with Gasteiger partial charge in [0.2, 0.25) is 0 Å². The second-order valence-electron chi connectivity index (χ2n) is 4.71. The van der Waals surface area contributed by atoms with Crippen LogP contribution in [-0.2, 0) is 9.53 Å². The zero-order valence-corrected chi connectivity index (χ0v) is 13.0. The van der Waals surface area contributed by atoms with Crippen LogP contribution in [0.5, 0.6) is 0 Å². The first-order valence-corrected chi connectivity index (χ1v) is 7.00. The number of ether oxygens (including phenoxy) is 1. The first-order chi connectivity index (χ1) is 10.5. The monoisotopic (exact) mass is 318 g/mol. The predicted molar refractivity (Wildman–Crippen MR) is 84.1 cm³/mol. The van der Waals surface area contributed by atoms with Crippen LogP contribution in [0.1, 0.15) is 21.5 Å². The van der Waals surface area contributed by atoms with E-state index in [0.29, 0.717) is 5.69 Å². The molecule has 0 aliphatic rings. The van der Waals surface area contributed by atoms with E-state index in [-0.39, 0.29) is 10.7 Å². The third-order valence-electron chi connectivity index (χ3n) is 3.19. The molecule has 1 aromatic carbocycles. The smallest absolute Gasteiger partial charge is 0.341 e. The second-order valence-corrected chi connectivity index (χ2v) is 5.07. The van der Waals surface area contributed by atoms with Crippen molar-refractivity contribution in [3.63, 3.8) is 0 Å². The highest BCUT2D eigenvalue weighted by molar-refractivity contribution is 6.32. The summed E-state index contributed by atoms with van der Waals surface area (Å²) in [7, 11) is 0. The lowest BCUT2D eigenvalue weighted by Crippen LogP contribution is -2.21. The predicted octanol–water partition coefficient (Wildman–Crippen LogP) is 3.15. The number of benzene rings is 1. The fourth-order valence-corrected chi connectivity index (χ4v) is 2.02. The average Bonchev–Trinajstić information content (AvgIpc) is 2.50. The van der Waals surface area contributed by atoms with Gasteiger partial charge in [-0.25, -0.2) is 9.78 Å². The average molecular weight is 319 g/mol. The summed E-state index contributed by atoms with van der Waals surface area (Å²) >= 11 is 5.79. The van der Waals surface area contributed by atoms with E-state index < -0.39 is 18.5 Å². The number of amides is 1. The molecule has 114 valence electrons. The fraction of sp³-hybridized carbons (Fsp3) is 0.188. The number of aromatic nitrogens is 1. The number of rotatable bonds is 4. The van der Waals surface area contributed by atoms with Gasteiger partial charge in [-0.05, 0) is 43.2 Å². The first kappa shape index (κ1) is 16.0. The van der Waals surface area contributed by atoms with E-state index in [0.717, 1.165) is 11.1 Å². The van der Waals surface area contributed by atoms with E-state index >= 15 is 0 Å². The molecule has 1 aromatic heterocycles. The molecular weight excluding hydrogens is 304 g/mol. The first-order valence-electron chi connectivity index (χ1n) is 6.62. The Labute approximate surface area is 133 Å². The number of aryl methyl sites for hydroxylation is 1. The molecule has 0 unspecified atom stereocenters. The zero-order valence-electron chi connectivity index (χ0n) is 12.2. The summed E-state index contributed by atoms with van der Waals surface area (Å²) in [5.74, 6) is -1.10. The molecule has 0 saturated heterocycles. The van der Waals surface area contributed by atoms with E-state index in [1.807, 2.05) is 26.0 Å². The molecule has 0 aliphatic heterocycles. The van der Waals surface area contributed by atoms with Gasteiger partial charge in [0, 0.05) is 11.9 Å². The maximum atomic E-state index is 11.9. The summed E-state index contributed by atoms with van der Waals surface area (Å²) in [6.45, 7) is 3.47. The Hall–Kier alpha value is -2.40. The Morgan fingerprint density at radius 3 is 2.73 bits per heavy atom. The molecule has 1 heterocycles. The molecule has 0 bridgehead atoms. The van der Waals surface area contributed by atoms with Crippen molar-refractivity contribution in [2.75, 3.05) is 11.9 Å². The van der Waals surface area contributed by atoms with Gasteiger partial charge in [0.1, 0.15) is 5.15 Å². The van der Waals surface area contributed by atoms with Gasteiger partial charge in [-0.2, -0.15) is 0 Å². The highest BCUT2D eigenvalue weighted by Crippen LogP contribution is 2.18. The van der Waals surface area contributed by atoms with Crippen LogP contribution < -0.4 is 5.32 Å². The van der Waals surface area contributed by atoms with Gasteiger partial charge in [-0.3, -0.25) is 4.79 Å². The van der Waals surface area contributed by atoms with Crippen molar-refractivity contribution < 1.29 is 14.3 Å². The molecule has 5 nitrogen and oxygen atoms in total. The van der Waals surface area contributed by atoms with Crippen LogP contribution in [0.25, 0.3) is 0 Å². The summed E-state index contributed by atoms with van der Waals surface area (Å²) in [6.07, 6.45) is 1.46. The molecule has 0 radical (unpaired) electrons. The maximum Gasteiger partial charge on any atom is 0.341 e. The Morgan fingerprint density at radius 1 is 1.23 bits per heavy atom. The Morgan fingerprint density at radius 2 is 2.00 bits per heavy atom. The highest BCUT2D eigenvalue weighted by Gasteiger charge is 2.14. The lowest BCUT2D eigenvalue weighted by atomic mass is 10.1. The molecule has 2 aromatic rings. The van der Waals surface area contributed by atoms with Crippen LogP contribution in [0.4, 0.5) is 5.69 Å². The molecule has 0 spiro atoms. The molecule has 1 amide bonds. The van der Waals surface area contributed by atoms with Crippen LogP contribution >= 0.6 is 11.6 Å². The SMILES string of the molecule is Cc1cccc(NC(=O)COC(=O)c2cccnc2Cl)c1C. The maximum absolute atomic E-state index is 11.9. The topological polar surface area (TPSA) is 68.3 Å². The number of hydrogen-bond acceptors (Lipinski definition) is 4. The highest BCUT2D eigenvalue weighted by atomic mass is 35.5. The normalized spacial score (nSPS) is 10.1. The second kappa shape index (κ2) is 7.04. The van der Waals surface area contributed by atoms with E-state index in [1.54, 1.807) is 12.1 Å². The summed E-state index contributed by atoms with van der Waals surface area (Å²) in [4.78, 5) is 27.5. The number of anilines is 1. The van der Waals surface area contributed by atoms with E-state index in [9.17, 15) is 9.59 Å². The summed E-state index contributed by atoms with van der Waals surface area (Å²) in [5, 5.41) is 2.75. The van der Waals surface area contributed by atoms with Crippen molar-refractivity contribution in [1.29, 1.82) is 0 Å². The molecule has 2 rings (SSSR count). The van der Waals surface area contributed by atoms with E-state index in [4.69, 9.17) is 16.3 Å². The van der Waals surface area contributed by atoms with Gasteiger partial charge in [0.05, 0.1) is 5.56 Å². The van der Waals surface area contributed by atoms with Crippen LogP contribution in [0, 0.1) is 13.8 Å². The van der Waals surface area contributed by atoms with Crippen molar-refractivity contribution >= 4 is 29.2 Å². The van der Waals surface area contributed by atoms with Crippen molar-refractivity contribution in [1.82, 2.24) is 4.98 Å². The number of pyridine rings is 1. The lowest BCUT2D eigenvalue weighted by molar-refractivity contribution is -0.119. The standard InChI is InChI=1S/C16H15ClN2O3/c1-10-5-3-7-13(11(10)2)19-14(20)9-22-16(21)12-6-4-8-18-15(12)17/h3-8H,9H2,1-2H3,(H,19,20). The van der Waals surface area contributed by atoms with Gasteiger partial charge >= 0.3 is 5.97 Å². The number of nitrogens with one attached hydrogen (secondary N) is 1. The summed E-state index contributed by atoms with van der Waals surface area (Å²) in [5.41, 5.74) is 2.86. The fourth-order valence-electron chi connectivity index (χ4n) is 1.82. The van der Waals surface area contributed by atoms with Crippen molar-refractivity contribution in [3.05, 3.63) is 58.4 Å². The number of hydrogen-bond donors (Lipinski definition) is 1. The van der Waals surface area contributed by atoms with Gasteiger partial charge in [0.15, 0.2) is 6.61 Å². The third-order valence-corrected chi connectivity index (χ3v) is 3.49. The Bertz CT molecular complexity index is 716. The van der Waals surface area contributed by atoms with Crippen LogP contribution in [-0.4, -0.2) is 23.5 Å². The van der Waals surface area contributed by atoms with Crippen LogP contribution in [0.2, 0.25) is 5.15 Å². The van der Waals surface area contributed by atoms with Gasteiger partial charge in [-0.15, -0.1) is 0 Å². The Kier molecular flexibility index (Phi) is 5.12. The molecule has 0 atom stereocenters. The van der Waals surface area contributed by atoms with E-state index in [1.165, 1.54) is 12.3 Å².